The molecule has 0 amide bonds. The molecule has 0 aliphatic rings. The summed E-state index contributed by atoms with van der Waals surface area (Å²) in [6, 6.07) is 10.7. The molecule has 0 aromatic heterocycles. The molecule has 1 aromatic carbocycles. The first kappa shape index (κ1) is 16.2. The van der Waals surface area contributed by atoms with Crippen molar-refractivity contribution < 1.29 is 0 Å². The number of rotatable bonds is 6. The van der Waals surface area contributed by atoms with Gasteiger partial charge in [-0.3, -0.25) is 0 Å². The Hall–Kier alpha value is -0.850. The minimum Gasteiger partial charge on any atom is -0.315 e. The fourth-order valence-corrected chi connectivity index (χ4v) is 2.90. The Morgan fingerprint density at radius 1 is 1.32 bits per heavy atom. The van der Waals surface area contributed by atoms with Gasteiger partial charge in [-0.05, 0) is 17.5 Å². The highest BCUT2D eigenvalue weighted by atomic mass is 79.9. The number of halogens is 1. The van der Waals surface area contributed by atoms with E-state index in [-0.39, 0.29) is 11.3 Å². The quantitative estimate of drug-likeness (QED) is 0.855. The first-order chi connectivity index (χ1) is 8.88. The van der Waals surface area contributed by atoms with Crippen LogP contribution in [0.3, 0.4) is 0 Å². The van der Waals surface area contributed by atoms with Gasteiger partial charge >= 0.3 is 0 Å². The Bertz CT molecular complexity index is 446. The molecule has 0 saturated heterocycles. The van der Waals surface area contributed by atoms with Crippen LogP contribution in [0.2, 0.25) is 0 Å². The molecule has 0 fully saturated rings. The third-order valence-corrected chi connectivity index (χ3v) is 4.20. The molecular weight excluding hydrogens is 300 g/mol. The molecule has 1 aromatic rings. The summed E-state index contributed by atoms with van der Waals surface area (Å²) in [4.78, 5) is 0. The average Bonchev–Trinajstić information content (AvgIpc) is 2.34. The number of hydrogen-bond donors (Lipinski definition) is 1. The Balaban J connectivity index is 2.62. The molecule has 19 heavy (non-hydrogen) atoms. The van der Waals surface area contributed by atoms with E-state index in [0.717, 1.165) is 17.6 Å². The number of nitrogens with one attached hydrogen (secondary N) is 1. The SMILES string of the molecule is CC(C)C(C#N)CNCC(C)(C)c1ccccc1Br. The second kappa shape index (κ2) is 7.07. The maximum atomic E-state index is 9.09. The first-order valence-electron chi connectivity index (χ1n) is 6.74. The van der Waals surface area contributed by atoms with E-state index in [1.165, 1.54) is 5.56 Å². The zero-order valence-electron chi connectivity index (χ0n) is 12.2. The molecule has 104 valence electrons. The summed E-state index contributed by atoms with van der Waals surface area (Å²) in [5, 5.41) is 12.5. The van der Waals surface area contributed by atoms with Crippen LogP contribution in [0.1, 0.15) is 33.3 Å². The lowest BCUT2D eigenvalue weighted by atomic mass is 9.84. The molecule has 0 aliphatic carbocycles. The minimum absolute atomic E-state index is 0.0388. The van der Waals surface area contributed by atoms with Crippen molar-refractivity contribution >= 4 is 15.9 Å². The monoisotopic (exact) mass is 322 g/mol. The van der Waals surface area contributed by atoms with Gasteiger partial charge in [-0.15, -0.1) is 0 Å². The highest BCUT2D eigenvalue weighted by Gasteiger charge is 2.23. The van der Waals surface area contributed by atoms with Crippen molar-refractivity contribution in [1.29, 1.82) is 5.26 Å². The fourth-order valence-electron chi connectivity index (χ4n) is 2.08. The zero-order valence-corrected chi connectivity index (χ0v) is 13.8. The van der Waals surface area contributed by atoms with Crippen LogP contribution >= 0.6 is 15.9 Å². The molecular formula is C16H23BrN2. The maximum Gasteiger partial charge on any atom is 0.0671 e. The Morgan fingerprint density at radius 2 is 1.95 bits per heavy atom. The molecule has 0 heterocycles. The molecule has 1 atom stereocenters. The third-order valence-electron chi connectivity index (χ3n) is 3.50. The normalized spacial score (nSPS) is 13.3. The summed E-state index contributed by atoms with van der Waals surface area (Å²) in [5.74, 6) is 0.471. The van der Waals surface area contributed by atoms with Crippen LogP contribution in [-0.2, 0) is 5.41 Å². The van der Waals surface area contributed by atoms with Crippen LogP contribution in [0, 0.1) is 23.2 Å². The van der Waals surface area contributed by atoms with Crippen molar-refractivity contribution in [2.75, 3.05) is 13.1 Å². The fraction of sp³-hybridized carbons (Fsp3) is 0.562. The molecule has 1 N–H and O–H groups in total. The van der Waals surface area contributed by atoms with E-state index in [4.69, 9.17) is 5.26 Å². The molecule has 0 spiro atoms. The average molecular weight is 323 g/mol. The standard InChI is InChI=1S/C16H23BrN2/c1-12(2)13(9-18)10-19-11-16(3,4)14-7-5-6-8-15(14)17/h5-8,12-13,19H,10-11H2,1-4H3. The molecule has 2 nitrogen and oxygen atoms in total. The van der Waals surface area contributed by atoms with Crippen LogP contribution in [0.25, 0.3) is 0 Å². The van der Waals surface area contributed by atoms with Gasteiger partial charge in [0, 0.05) is 23.0 Å². The van der Waals surface area contributed by atoms with Crippen molar-refractivity contribution in [3.63, 3.8) is 0 Å². The second-order valence-corrected chi connectivity index (χ2v) is 6.83. The summed E-state index contributed by atoms with van der Waals surface area (Å²) in [5.41, 5.74) is 1.33. The van der Waals surface area contributed by atoms with E-state index < -0.39 is 0 Å². The van der Waals surface area contributed by atoms with E-state index >= 15 is 0 Å². The van der Waals surface area contributed by atoms with E-state index in [2.05, 4.69) is 73.2 Å². The molecule has 0 saturated carbocycles. The van der Waals surface area contributed by atoms with Gasteiger partial charge in [0.15, 0.2) is 0 Å². The summed E-state index contributed by atoms with van der Waals surface area (Å²) in [6.45, 7) is 10.2. The topological polar surface area (TPSA) is 35.8 Å². The summed E-state index contributed by atoms with van der Waals surface area (Å²) >= 11 is 3.61. The van der Waals surface area contributed by atoms with E-state index in [1.54, 1.807) is 0 Å². The molecule has 0 bridgehead atoms. The Labute approximate surface area is 125 Å². The number of benzene rings is 1. The molecule has 0 radical (unpaired) electrons. The molecule has 1 unspecified atom stereocenters. The maximum absolute atomic E-state index is 9.09. The van der Waals surface area contributed by atoms with E-state index in [0.29, 0.717) is 5.92 Å². The molecule has 3 heteroatoms. The minimum atomic E-state index is 0.0388. The van der Waals surface area contributed by atoms with Crippen molar-refractivity contribution in [2.24, 2.45) is 11.8 Å². The Kier molecular flexibility index (Phi) is 6.03. The lowest BCUT2D eigenvalue weighted by Crippen LogP contribution is -2.36. The summed E-state index contributed by atoms with van der Waals surface area (Å²) < 4.78 is 1.14. The Morgan fingerprint density at radius 3 is 2.47 bits per heavy atom. The summed E-state index contributed by atoms with van der Waals surface area (Å²) in [7, 11) is 0. The van der Waals surface area contributed by atoms with Gasteiger partial charge < -0.3 is 5.32 Å². The lowest BCUT2D eigenvalue weighted by Gasteiger charge is -2.28. The molecule has 0 aliphatic heterocycles. The second-order valence-electron chi connectivity index (χ2n) is 5.97. The van der Waals surface area contributed by atoms with Crippen molar-refractivity contribution in [3.05, 3.63) is 34.3 Å². The van der Waals surface area contributed by atoms with Gasteiger partial charge in [0.2, 0.25) is 0 Å². The zero-order chi connectivity index (χ0) is 14.5. The van der Waals surface area contributed by atoms with E-state index in [9.17, 15) is 0 Å². The highest BCUT2D eigenvalue weighted by Crippen LogP contribution is 2.29. The van der Waals surface area contributed by atoms with Gasteiger partial charge in [0.05, 0.1) is 12.0 Å². The van der Waals surface area contributed by atoms with Crippen LogP contribution < -0.4 is 5.32 Å². The van der Waals surface area contributed by atoms with Crippen molar-refractivity contribution in [3.8, 4) is 6.07 Å². The predicted molar refractivity (Wildman–Crippen MR) is 84.0 cm³/mol. The van der Waals surface area contributed by atoms with Gasteiger partial charge in [0.25, 0.3) is 0 Å². The largest absolute Gasteiger partial charge is 0.315 e. The smallest absolute Gasteiger partial charge is 0.0671 e. The van der Waals surface area contributed by atoms with Crippen molar-refractivity contribution in [1.82, 2.24) is 5.32 Å². The van der Waals surface area contributed by atoms with Crippen LogP contribution in [-0.4, -0.2) is 13.1 Å². The van der Waals surface area contributed by atoms with Crippen molar-refractivity contribution in [2.45, 2.75) is 33.1 Å². The van der Waals surface area contributed by atoms with Crippen LogP contribution in [0.4, 0.5) is 0 Å². The van der Waals surface area contributed by atoms with Gasteiger partial charge in [0.1, 0.15) is 0 Å². The predicted octanol–water partition coefficient (Wildman–Crippen LogP) is 4.11. The van der Waals surface area contributed by atoms with E-state index in [1.807, 2.05) is 6.07 Å². The van der Waals surface area contributed by atoms with Crippen LogP contribution in [0.5, 0.6) is 0 Å². The number of nitriles is 1. The number of nitrogens with zero attached hydrogens (tertiary/aromatic N) is 1. The highest BCUT2D eigenvalue weighted by molar-refractivity contribution is 9.10. The third kappa shape index (κ3) is 4.63. The number of hydrogen-bond acceptors (Lipinski definition) is 2. The van der Waals surface area contributed by atoms with Gasteiger partial charge in [-0.25, -0.2) is 0 Å². The van der Waals surface area contributed by atoms with Gasteiger partial charge in [-0.2, -0.15) is 5.26 Å². The van der Waals surface area contributed by atoms with Crippen LogP contribution in [0.15, 0.2) is 28.7 Å². The molecule has 1 rings (SSSR count). The first-order valence-corrected chi connectivity index (χ1v) is 7.53. The summed E-state index contributed by atoms with van der Waals surface area (Å²) in [6.07, 6.45) is 0. The lowest BCUT2D eigenvalue weighted by molar-refractivity contribution is 0.402. The van der Waals surface area contributed by atoms with Gasteiger partial charge in [-0.1, -0.05) is 61.8 Å².